The van der Waals surface area contributed by atoms with Crippen LogP contribution in [0.3, 0.4) is 0 Å². The van der Waals surface area contributed by atoms with Crippen LogP contribution in [0.1, 0.15) is 96.3 Å². The van der Waals surface area contributed by atoms with Crippen molar-refractivity contribution in [3.63, 3.8) is 0 Å². The molecular formula is C30H44N6O6. The van der Waals surface area contributed by atoms with Gasteiger partial charge in [-0.2, -0.15) is 0 Å². The third kappa shape index (κ3) is 9.09. The Balaban J connectivity index is 1.15. The molecule has 12 nitrogen and oxygen atoms in total. The number of aromatic nitrogens is 2. The lowest BCUT2D eigenvalue weighted by Crippen LogP contribution is -2.45. The third-order valence-electron chi connectivity index (χ3n) is 7.25. The van der Waals surface area contributed by atoms with Crippen molar-refractivity contribution < 1.29 is 28.4 Å². The number of rotatable bonds is 6. The molecule has 12 heteroatoms. The number of hydrogen-bond acceptors (Lipinski definition) is 8. The highest BCUT2D eigenvalue weighted by Crippen LogP contribution is 2.25. The van der Waals surface area contributed by atoms with E-state index in [-0.39, 0.29) is 41.6 Å². The molecule has 1 aliphatic heterocycles. The van der Waals surface area contributed by atoms with E-state index in [9.17, 15) is 14.4 Å². The SMILES string of the molecule is CC(C)(C)OC(=O)N1CCC(Oc2ccc(C(=O)NC3CCC(NC(=O)Nc4cc(C(C)(C)C)on4)CC3)nc2)CC1. The molecule has 0 bridgehead atoms. The Bertz CT molecular complexity index is 1220. The molecule has 3 N–H and O–H groups in total. The van der Waals surface area contributed by atoms with Crippen LogP contribution in [-0.2, 0) is 10.2 Å². The summed E-state index contributed by atoms with van der Waals surface area (Å²) in [4.78, 5) is 43.5. The number of ether oxygens (including phenoxy) is 2. The van der Waals surface area contributed by atoms with Crippen LogP contribution >= 0.6 is 0 Å². The van der Waals surface area contributed by atoms with Gasteiger partial charge in [0.1, 0.15) is 28.9 Å². The van der Waals surface area contributed by atoms with E-state index in [2.05, 4.69) is 26.1 Å². The lowest BCUT2D eigenvalue weighted by atomic mass is 9.91. The second-order valence-corrected chi connectivity index (χ2v) is 13.1. The fourth-order valence-electron chi connectivity index (χ4n) is 4.93. The van der Waals surface area contributed by atoms with Crippen LogP contribution in [0.2, 0.25) is 0 Å². The molecule has 2 aromatic heterocycles. The number of urea groups is 1. The zero-order valence-electron chi connectivity index (χ0n) is 25.5. The van der Waals surface area contributed by atoms with Crippen LogP contribution in [0.25, 0.3) is 0 Å². The Morgan fingerprint density at radius 1 is 0.929 bits per heavy atom. The first-order chi connectivity index (χ1) is 19.7. The number of likely N-dealkylation sites (tertiary alicyclic amines) is 1. The molecule has 0 aromatic carbocycles. The molecule has 4 amide bonds. The van der Waals surface area contributed by atoms with Crippen LogP contribution in [0.4, 0.5) is 15.4 Å². The Labute approximate surface area is 247 Å². The summed E-state index contributed by atoms with van der Waals surface area (Å²) in [5.74, 6) is 1.43. The van der Waals surface area contributed by atoms with Gasteiger partial charge in [0, 0.05) is 49.5 Å². The highest BCUT2D eigenvalue weighted by molar-refractivity contribution is 5.92. The van der Waals surface area contributed by atoms with E-state index in [0.717, 1.165) is 25.7 Å². The quantitative estimate of drug-likeness (QED) is 0.429. The first-order valence-corrected chi connectivity index (χ1v) is 14.7. The summed E-state index contributed by atoms with van der Waals surface area (Å²) in [6.07, 6.45) is 5.61. The minimum absolute atomic E-state index is 0.0105. The van der Waals surface area contributed by atoms with Crippen molar-refractivity contribution in [3.05, 3.63) is 35.9 Å². The molecule has 2 aromatic rings. The van der Waals surface area contributed by atoms with Crippen molar-refractivity contribution in [2.75, 3.05) is 18.4 Å². The standard InChI is InChI=1S/C30H44N6O6/c1-29(2,3)24-17-25(35-42-24)34-27(38)33-20-9-7-19(8-10-20)32-26(37)23-12-11-22(18-31-23)40-21-13-15-36(16-14-21)28(39)41-30(4,5)6/h11-12,17-21H,7-10,13-16H2,1-6H3,(H,32,37)(H2,33,34,35,38). The van der Waals surface area contributed by atoms with Gasteiger partial charge < -0.3 is 29.5 Å². The number of piperidine rings is 1. The number of carbonyl (C=O) groups excluding carboxylic acids is 3. The second kappa shape index (κ2) is 13.0. The van der Waals surface area contributed by atoms with Crippen LogP contribution in [-0.4, -0.2) is 70.0 Å². The van der Waals surface area contributed by atoms with Crippen LogP contribution in [0.5, 0.6) is 5.75 Å². The highest BCUT2D eigenvalue weighted by Gasteiger charge is 2.28. The van der Waals surface area contributed by atoms with E-state index in [1.54, 1.807) is 29.3 Å². The third-order valence-corrected chi connectivity index (χ3v) is 7.25. The molecule has 0 unspecified atom stereocenters. The summed E-state index contributed by atoms with van der Waals surface area (Å²) in [5, 5.41) is 12.7. The number of pyridine rings is 1. The molecule has 0 atom stereocenters. The predicted octanol–water partition coefficient (Wildman–Crippen LogP) is 5.01. The Hall–Kier alpha value is -3.83. The van der Waals surface area contributed by atoms with Crippen molar-refractivity contribution in [2.24, 2.45) is 0 Å². The van der Waals surface area contributed by atoms with Crippen molar-refractivity contribution in [3.8, 4) is 5.75 Å². The summed E-state index contributed by atoms with van der Waals surface area (Å²) >= 11 is 0. The summed E-state index contributed by atoms with van der Waals surface area (Å²) < 4.78 is 16.8. The second-order valence-electron chi connectivity index (χ2n) is 13.1. The molecule has 1 saturated carbocycles. The van der Waals surface area contributed by atoms with E-state index in [0.29, 0.717) is 49.0 Å². The smallest absolute Gasteiger partial charge is 0.410 e. The summed E-state index contributed by atoms with van der Waals surface area (Å²) in [6.45, 7) is 12.7. The van der Waals surface area contributed by atoms with Crippen LogP contribution in [0.15, 0.2) is 28.9 Å². The largest absolute Gasteiger partial charge is 0.489 e. The van der Waals surface area contributed by atoms with Gasteiger partial charge in [0.05, 0.1) is 6.20 Å². The van der Waals surface area contributed by atoms with E-state index >= 15 is 0 Å². The zero-order chi connectivity index (χ0) is 30.5. The molecule has 0 radical (unpaired) electrons. The molecule has 230 valence electrons. The van der Waals surface area contributed by atoms with Crippen molar-refractivity contribution in [1.82, 2.24) is 25.7 Å². The average molecular weight is 585 g/mol. The minimum Gasteiger partial charge on any atom is -0.489 e. The molecule has 2 aliphatic rings. The maximum Gasteiger partial charge on any atom is 0.410 e. The van der Waals surface area contributed by atoms with Gasteiger partial charge in [-0.05, 0) is 58.6 Å². The van der Waals surface area contributed by atoms with Gasteiger partial charge in [-0.25, -0.2) is 14.6 Å². The maximum absolute atomic E-state index is 12.8. The fourth-order valence-corrected chi connectivity index (χ4v) is 4.93. The predicted molar refractivity (Wildman–Crippen MR) is 157 cm³/mol. The lowest BCUT2D eigenvalue weighted by molar-refractivity contribution is 0.0126. The topological polar surface area (TPSA) is 148 Å². The Morgan fingerprint density at radius 3 is 2.12 bits per heavy atom. The van der Waals surface area contributed by atoms with E-state index in [1.807, 2.05) is 41.5 Å². The molecule has 42 heavy (non-hydrogen) atoms. The van der Waals surface area contributed by atoms with Crippen LogP contribution in [0, 0.1) is 0 Å². The molecule has 3 heterocycles. The summed E-state index contributed by atoms with van der Waals surface area (Å²) in [6, 6.07) is 4.84. The monoisotopic (exact) mass is 584 g/mol. The van der Waals surface area contributed by atoms with Gasteiger partial charge in [0.25, 0.3) is 5.91 Å². The first-order valence-electron chi connectivity index (χ1n) is 14.7. The van der Waals surface area contributed by atoms with Crippen molar-refractivity contribution >= 4 is 23.8 Å². The summed E-state index contributed by atoms with van der Waals surface area (Å²) in [7, 11) is 0. The van der Waals surface area contributed by atoms with Gasteiger partial charge in [-0.1, -0.05) is 25.9 Å². The lowest BCUT2D eigenvalue weighted by Gasteiger charge is -2.33. The van der Waals surface area contributed by atoms with E-state index < -0.39 is 5.60 Å². The number of carbonyl (C=O) groups is 3. The molecule has 4 rings (SSSR count). The molecule has 2 fully saturated rings. The average Bonchev–Trinajstić information content (AvgIpc) is 3.39. The Morgan fingerprint density at radius 2 is 1.57 bits per heavy atom. The van der Waals surface area contributed by atoms with Gasteiger partial charge >= 0.3 is 12.1 Å². The highest BCUT2D eigenvalue weighted by atomic mass is 16.6. The zero-order valence-corrected chi connectivity index (χ0v) is 25.5. The normalized spacial score (nSPS) is 20.0. The number of nitrogens with one attached hydrogen (secondary N) is 3. The maximum atomic E-state index is 12.8. The molecule has 1 saturated heterocycles. The summed E-state index contributed by atoms with van der Waals surface area (Å²) in [5.41, 5.74) is -0.388. The van der Waals surface area contributed by atoms with Crippen molar-refractivity contribution in [2.45, 2.75) is 109 Å². The van der Waals surface area contributed by atoms with Gasteiger partial charge in [-0.15, -0.1) is 0 Å². The number of amides is 4. The molecular weight excluding hydrogens is 540 g/mol. The van der Waals surface area contributed by atoms with Gasteiger partial charge in [0.15, 0.2) is 5.82 Å². The first kappa shape index (κ1) is 31.1. The minimum atomic E-state index is -0.518. The van der Waals surface area contributed by atoms with Crippen LogP contribution < -0.4 is 20.7 Å². The number of nitrogens with zero attached hydrogens (tertiary/aromatic N) is 3. The molecule has 1 aliphatic carbocycles. The molecule has 0 spiro atoms. The number of hydrogen-bond donors (Lipinski definition) is 3. The van der Waals surface area contributed by atoms with Gasteiger partial charge in [-0.3, -0.25) is 10.1 Å². The van der Waals surface area contributed by atoms with E-state index in [4.69, 9.17) is 14.0 Å². The number of anilines is 1. The van der Waals surface area contributed by atoms with Gasteiger partial charge in [0.2, 0.25) is 0 Å². The fraction of sp³-hybridized carbons (Fsp3) is 0.633. The van der Waals surface area contributed by atoms with Crippen molar-refractivity contribution in [1.29, 1.82) is 0 Å². The van der Waals surface area contributed by atoms with E-state index in [1.165, 1.54) is 0 Å². The Kier molecular flexibility index (Phi) is 9.63.